The zero-order chi connectivity index (χ0) is 19.7. The van der Waals surface area contributed by atoms with E-state index in [2.05, 4.69) is 4.98 Å². The Morgan fingerprint density at radius 1 is 1.30 bits per heavy atom. The van der Waals surface area contributed by atoms with E-state index in [1.54, 1.807) is 24.9 Å². The van der Waals surface area contributed by atoms with Crippen molar-refractivity contribution in [3.8, 4) is 5.69 Å². The van der Waals surface area contributed by atoms with Crippen molar-refractivity contribution in [2.45, 2.75) is 6.92 Å². The Kier molecular flexibility index (Phi) is 4.89. The highest BCUT2D eigenvalue weighted by Gasteiger charge is 2.19. The molecule has 0 atom stereocenters. The van der Waals surface area contributed by atoms with Gasteiger partial charge in [-0.3, -0.25) is 9.36 Å². The first kappa shape index (κ1) is 18.5. The molecule has 3 rings (SSSR count). The Balaban J connectivity index is 2.37. The molecule has 0 fully saturated rings. The maximum atomic E-state index is 14.5. The molecule has 1 aromatic carbocycles. The van der Waals surface area contributed by atoms with Crippen molar-refractivity contribution in [3.63, 3.8) is 0 Å². The van der Waals surface area contributed by atoms with E-state index in [9.17, 15) is 23.5 Å². The number of aromatic carboxylic acids is 1. The van der Waals surface area contributed by atoms with Crippen LogP contribution < -0.4 is 10.3 Å². The third kappa shape index (κ3) is 3.38. The van der Waals surface area contributed by atoms with Crippen molar-refractivity contribution >= 4 is 22.8 Å². The molecule has 0 aliphatic carbocycles. The van der Waals surface area contributed by atoms with Crippen LogP contribution in [0.2, 0.25) is 0 Å². The molecule has 0 saturated carbocycles. The van der Waals surface area contributed by atoms with E-state index in [-0.39, 0.29) is 23.3 Å². The molecule has 0 saturated heterocycles. The molecule has 0 radical (unpaired) electrons. The molecule has 8 heteroatoms. The minimum Gasteiger partial charge on any atom is -0.477 e. The molecule has 1 N–H and O–H groups in total. The van der Waals surface area contributed by atoms with Crippen LogP contribution >= 0.6 is 0 Å². The number of carbonyl (C=O) groups is 1. The van der Waals surface area contributed by atoms with Gasteiger partial charge < -0.3 is 10.0 Å². The minimum atomic E-state index is -1.42. The number of rotatable bonds is 5. The number of anilines is 1. The van der Waals surface area contributed by atoms with Gasteiger partial charge in [0.15, 0.2) is 5.65 Å². The minimum absolute atomic E-state index is 0.0345. The average molecular weight is 373 g/mol. The number of alkyl halides is 1. The van der Waals surface area contributed by atoms with E-state index in [0.29, 0.717) is 11.4 Å². The van der Waals surface area contributed by atoms with E-state index in [1.165, 1.54) is 28.8 Å². The summed E-state index contributed by atoms with van der Waals surface area (Å²) in [7, 11) is 1.63. The SMILES string of the molecule is Cc1ccc(-n2cc(C(=O)O)c(=O)c3ccc(N(C)CCF)nc32)c(F)c1. The largest absolute Gasteiger partial charge is 0.477 e. The van der Waals surface area contributed by atoms with Gasteiger partial charge in [0.25, 0.3) is 0 Å². The monoisotopic (exact) mass is 373 g/mol. The second-order valence-electron chi connectivity index (χ2n) is 6.15. The molecule has 6 nitrogen and oxygen atoms in total. The Labute approximate surface area is 153 Å². The van der Waals surface area contributed by atoms with Gasteiger partial charge in [0.2, 0.25) is 5.43 Å². The fraction of sp³-hybridized carbons (Fsp3) is 0.211. The molecule has 2 aromatic heterocycles. The number of fused-ring (bicyclic) bond motifs is 1. The lowest BCUT2D eigenvalue weighted by Gasteiger charge is -2.18. The summed E-state index contributed by atoms with van der Waals surface area (Å²) in [5.41, 5.74) is -0.360. The second-order valence-corrected chi connectivity index (χ2v) is 6.15. The van der Waals surface area contributed by atoms with Crippen molar-refractivity contribution in [3.05, 3.63) is 63.7 Å². The van der Waals surface area contributed by atoms with Crippen LogP contribution in [0.5, 0.6) is 0 Å². The Bertz CT molecular complexity index is 1100. The first-order chi connectivity index (χ1) is 12.8. The van der Waals surface area contributed by atoms with Crippen LogP contribution in [-0.4, -0.2) is 40.9 Å². The molecule has 27 heavy (non-hydrogen) atoms. The van der Waals surface area contributed by atoms with E-state index in [1.807, 2.05) is 0 Å². The number of aryl methyl sites for hydroxylation is 1. The lowest BCUT2D eigenvalue weighted by Crippen LogP contribution is -2.23. The van der Waals surface area contributed by atoms with E-state index >= 15 is 0 Å². The van der Waals surface area contributed by atoms with Gasteiger partial charge in [-0.05, 0) is 36.8 Å². The highest BCUT2D eigenvalue weighted by molar-refractivity contribution is 5.92. The third-order valence-corrected chi connectivity index (χ3v) is 4.24. The predicted molar refractivity (Wildman–Crippen MR) is 98.2 cm³/mol. The lowest BCUT2D eigenvalue weighted by atomic mass is 10.1. The van der Waals surface area contributed by atoms with Crippen LogP contribution in [0.4, 0.5) is 14.6 Å². The molecule has 0 unspecified atom stereocenters. The molecule has 140 valence electrons. The van der Waals surface area contributed by atoms with Crippen LogP contribution in [-0.2, 0) is 0 Å². The van der Waals surface area contributed by atoms with Crippen LogP contribution in [0.3, 0.4) is 0 Å². The predicted octanol–water partition coefficient (Wildman–Crippen LogP) is 2.94. The first-order valence-electron chi connectivity index (χ1n) is 8.17. The maximum Gasteiger partial charge on any atom is 0.341 e. The highest BCUT2D eigenvalue weighted by Crippen LogP contribution is 2.22. The molecule has 0 aliphatic rings. The fourth-order valence-electron chi connectivity index (χ4n) is 2.79. The average Bonchev–Trinajstić information content (AvgIpc) is 2.62. The first-order valence-corrected chi connectivity index (χ1v) is 8.17. The number of benzene rings is 1. The standard InChI is InChI=1S/C19H17F2N3O3/c1-11-3-5-15(14(21)9-11)24-10-13(19(26)27)17(25)12-4-6-16(22-18(12)24)23(2)8-7-20/h3-6,9-10H,7-8H2,1-2H3,(H,26,27). The summed E-state index contributed by atoms with van der Waals surface area (Å²) < 4.78 is 28.4. The van der Waals surface area contributed by atoms with Gasteiger partial charge in [-0.15, -0.1) is 0 Å². The molecule has 0 bridgehead atoms. The topological polar surface area (TPSA) is 75.4 Å². The molecule has 3 aromatic rings. The summed E-state index contributed by atoms with van der Waals surface area (Å²) in [5.74, 6) is -1.62. The summed E-state index contributed by atoms with van der Waals surface area (Å²) in [4.78, 5) is 29.9. The number of hydrogen-bond donors (Lipinski definition) is 1. The van der Waals surface area contributed by atoms with Gasteiger partial charge in [-0.1, -0.05) is 6.07 Å². The molecular formula is C19H17F2N3O3. The highest BCUT2D eigenvalue weighted by atomic mass is 19.1. The summed E-state index contributed by atoms with van der Waals surface area (Å²) in [6, 6.07) is 7.38. The van der Waals surface area contributed by atoms with E-state index in [4.69, 9.17) is 0 Å². The molecule has 2 heterocycles. The van der Waals surface area contributed by atoms with Gasteiger partial charge in [-0.2, -0.15) is 0 Å². The molecule has 0 amide bonds. The normalized spacial score (nSPS) is 11.0. The Morgan fingerprint density at radius 3 is 2.67 bits per heavy atom. The zero-order valence-electron chi connectivity index (χ0n) is 14.7. The van der Waals surface area contributed by atoms with Crippen LogP contribution in [0.1, 0.15) is 15.9 Å². The van der Waals surface area contributed by atoms with Crippen molar-refractivity contribution in [2.24, 2.45) is 0 Å². The lowest BCUT2D eigenvalue weighted by molar-refractivity contribution is 0.0695. The zero-order valence-corrected chi connectivity index (χ0v) is 14.7. The summed E-state index contributed by atoms with van der Waals surface area (Å²) in [5, 5.41) is 9.38. The van der Waals surface area contributed by atoms with Crippen molar-refractivity contribution < 1.29 is 18.7 Å². The molecule has 0 spiro atoms. The molecular weight excluding hydrogens is 356 g/mol. The van der Waals surface area contributed by atoms with Crippen molar-refractivity contribution in [1.29, 1.82) is 0 Å². The van der Waals surface area contributed by atoms with Gasteiger partial charge in [0, 0.05) is 19.8 Å². The second kappa shape index (κ2) is 7.14. The Morgan fingerprint density at radius 2 is 2.04 bits per heavy atom. The van der Waals surface area contributed by atoms with Crippen molar-refractivity contribution in [1.82, 2.24) is 9.55 Å². The van der Waals surface area contributed by atoms with E-state index in [0.717, 1.165) is 6.20 Å². The van der Waals surface area contributed by atoms with Crippen LogP contribution in [0, 0.1) is 12.7 Å². The number of halogens is 2. The number of carboxylic acid groups (broad SMARTS) is 1. The van der Waals surface area contributed by atoms with Gasteiger partial charge in [-0.25, -0.2) is 18.6 Å². The number of aromatic nitrogens is 2. The van der Waals surface area contributed by atoms with Gasteiger partial charge in [0.1, 0.15) is 23.9 Å². The number of carboxylic acids is 1. The number of nitrogens with zero attached hydrogens (tertiary/aromatic N) is 3. The number of hydrogen-bond acceptors (Lipinski definition) is 4. The smallest absolute Gasteiger partial charge is 0.341 e. The Hall–Kier alpha value is -3.29. The van der Waals surface area contributed by atoms with Crippen LogP contribution in [0.25, 0.3) is 16.7 Å². The van der Waals surface area contributed by atoms with Gasteiger partial charge >= 0.3 is 5.97 Å². The quantitative estimate of drug-likeness (QED) is 0.744. The third-order valence-electron chi connectivity index (χ3n) is 4.24. The summed E-state index contributed by atoms with van der Waals surface area (Å²) >= 11 is 0. The van der Waals surface area contributed by atoms with Gasteiger partial charge in [0.05, 0.1) is 11.1 Å². The molecule has 0 aliphatic heterocycles. The maximum absolute atomic E-state index is 14.5. The fourth-order valence-corrected chi connectivity index (χ4v) is 2.79. The number of pyridine rings is 2. The summed E-state index contributed by atoms with van der Waals surface area (Å²) in [6.07, 6.45) is 1.06. The summed E-state index contributed by atoms with van der Waals surface area (Å²) in [6.45, 7) is 1.23. The van der Waals surface area contributed by atoms with Crippen LogP contribution in [0.15, 0.2) is 41.3 Å². The van der Waals surface area contributed by atoms with E-state index < -0.39 is 29.5 Å². The van der Waals surface area contributed by atoms with Crippen molar-refractivity contribution in [2.75, 3.05) is 25.2 Å².